The summed E-state index contributed by atoms with van der Waals surface area (Å²) in [6.07, 6.45) is 0. The summed E-state index contributed by atoms with van der Waals surface area (Å²) in [7, 11) is -6.57. The van der Waals surface area contributed by atoms with E-state index in [4.69, 9.17) is 4.74 Å². The van der Waals surface area contributed by atoms with Gasteiger partial charge in [-0.3, -0.25) is 4.79 Å². The van der Waals surface area contributed by atoms with Crippen LogP contribution in [0, 0.1) is 0 Å². The maximum Gasteiger partial charge on any atom is 0.266 e. The van der Waals surface area contributed by atoms with Crippen molar-refractivity contribution in [3.63, 3.8) is 0 Å². The molecule has 1 aliphatic rings. The molecule has 0 aromatic heterocycles. The van der Waals surface area contributed by atoms with E-state index in [9.17, 15) is 21.6 Å². The van der Waals surface area contributed by atoms with E-state index < -0.39 is 25.8 Å². The number of amides is 1. The van der Waals surface area contributed by atoms with E-state index in [1.54, 1.807) is 13.8 Å². The van der Waals surface area contributed by atoms with Gasteiger partial charge in [0.1, 0.15) is 10.6 Å². The van der Waals surface area contributed by atoms with Gasteiger partial charge < -0.3 is 4.74 Å². The van der Waals surface area contributed by atoms with Crippen molar-refractivity contribution >= 4 is 25.8 Å². The molecule has 3 rings (SSSR count). The summed E-state index contributed by atoms with van der Waals surface area (Å²) in [6, 6.07) is 8.18. The number of sulfonamides is 1. The molecule has 7 nitrogen and oxygen atoms in total. The van der Waals surface area contributed by atoms with Crippen LogP contribution in [0.15, 0.2) is 51.1 Å². The van der Waals surface area contributed by atoms with Gasteiger partial charge in [-0.25, -0.2) is 21.6 Å². The Labute approximate surface area is 152 Å². The molecule has 9 heteroatoms. The zero-order chi connectivity index (χ0) is 19.3. The fourth-order valence-electron chi connectivity index (χ4n) is 2.80. The first-order chi connectivity index (χ1) is 12.1. The van der Waals surface area contributed by atoms with Crippen LogP contribution in [0.4, 0.5) is 0 Å². The second-order valence-corrected chi connectivity index (χ2v) is 9.75. The minimum absolute atomic E-state index is 0.00244. The Morgan fingerprint density at radius 2 is 1.65 bits per heavy atom. The molecular formula is C17H17NO6S2. The maximum atomic E-state index is 13.0. The summed E-state index contributed by atoms with van der Waals surface area (Å²) in [5, 5.41) is 0. The second kappa shape index (κ2) is 6.10. The van der Waals surface area contributed by atoms with E-state index in [-0.39, 0.29) is 26.2 Å². The molecule has 1 heterocycles. The number of rotatable bonds is 4. The third-order valence-electron chi connectivity index (χ3n) is 4.15. The van der Waals surface area contributed by atoms with Gasteiger partial charge in [-0.15, -0.1) is 0 Å². The molecule has 1 amide bonds. The number of hydrogen-bond acceptors (Lipinski definition) is 6. The lowest BCUT2D eigenvalue weighted by molar-refractivity contribution is 0.0983. The Bertz CT molecular complexity index is 1100. The van der Waals surface area contributed by atoms with Crippen LogP contribution in [0.2, 0.25) is 0 Å². The largest absolute Gasteiger partial charge is 0.497 e. The SMILES string of the molecule is COc1ccc(S(=O)(=O)c2cc(C(C)C)c3c(c2)S(=O)(=O)NC3=O)cc1. The van der Waals surface area contributed by atoms with Crippen molar-refractivity contribution in [3.05, 3.63) is 47.5 Å². The maximum absolute atomic E-state index is 13.0. The van der Waals surface area contributed by atoms with E-state index in [0.717, 1.165) is 6.07 Å². The van der Waals surface area contributed by atoms with Gasteiger partial charge >= 0.3 is 0 Å². The standard InChI is InChI=1S/C17H17NO6S2/c1-10(2)14-8-13(9-15-16(14)17(19)18-26(15,22)23)25(20,21)12-6-4-11(24-3)5-7-12/h4-10H,1-3H3,(H,18,19). The van der Waals surface area contributed by atoms with Crippen LogP contribution >= 0.6 is 0 Å². The molecule has 26 heavy (non-hydrogen) atoms. The smallest absolute Gasteiger partial charge is 0.266 e. The number of carbonyl (C=O) groups excluding carboxylic acids is 1. The predicted octanol–water partition coefficient (Wildman–Crippen LogP) is 2.08. The van der Waals surface area contributed by atoms with Gasteiger partial charge in [0, 0.05) is 0 Å². The van der Waals surface area contributed by atoms with Gasteiger partial charge in [-0.05, 0) is 47.9 Å². The molecule has 0 atom stereocenters. The number of nitrogens with one attached hydrogen (secondary N) is 1. The Morgan fingerprint density at radius 1 is 1.04 bits per heavy atom. The van der Waals surface area contributed by atoms with Gasteiger partial charge in [0.15, 0.2) is 0 Å². The summed E-state index contributed by atoms with van der Waals surface area (Å²) >= 11 is 0. The monoisotopic (exact) mass is 395 g/mol. The van der Waals surface area contributed by atoms with Crippen LogP contribution in [-0.4, -0.2) is 29.9 Å². The van der Waals surface area contributed by atoms with E-state index in [0.29, 0.717) is 11.3 Å². The van der Waals surface area contributed by atoms with Crippen molar-refractivity contribution in [1.29, 1.82) is 0 Å². The van der Waals surface area contributed by atoms with E-state index >= 15 is 0 Å². The zero-order valence-electron chi connectivity index (χ0n) is 14.3. The van der Waals surface area contributed by atoms with Gasteiger partial charge in [0.2, 0.25) is 9.84 Å². The van der Waals surface area contributed by atoms with Gasteiger partial charge in [-0.2, -0.15) is 0 Å². The minimum atomic E-state index is -4.07. The van der Waals surface area contributed by atoms with Crippen molar-refractivity contribution in [2.75, 3.05) is 7.11 Å². The summed E-state index contributed by atoms with van der Waals surface area (Å²) in [6.45, 7) is 3.52. The topological polar surface area (TPSA) is 107 Å². The summed E-state index contributed by atoms with van der Waals surface area (Å²) in [4.78, 5) is 11.6. The lowest BCUT2D eigenvalue weighted by atomic mass is 9.97. The number of benzene rings is 2. The molecule has 0 saturated carbocycles. The molecule has 138 valence electrons. The fraction of sp³-hybridized carbons (Fsp3) is 0.235. The summed E-state index contributed by atoms with van der Waals surface area (Å²) in [5.74, 6) is -0.482. The molecule has 0 unspecified atom stereocenters. The van der Waals surface area contributed by atoms with Gasteiger partial charge in [0.25, 0.3) is 15.9 Å². The highest BCUT2D eigenvalue weighted by atomic mass is 32.2. The van der Waals surface area contributed by atoms with Crippen molar-refractivity contribution < 1.29 is 26.4 Å². The average Bonchev–Trinajstić information content (AvgIpc) is 2.83. The van der Waals surface area contributed by atoms with Crippen LogP contribution < -0.4 is 9.46 Å². The molecule has 1 aliphatic heterocycles. The molecule has 0 radical (unpaired) electrons. The Balaban J connectivity index is 2.26. The Hall–Kier alpha value is -2.39. The van der Waals surface area contributed by atoms with Crippen molar-refractivity contribution in [2.45, 2.75) is 34.5 Å². The van der Waals surface area contributed by atoms with Gasteiger partial charge in [-0.1, -0.05) is 13.8 Å². The molecule has 0 aliphatic carbocycles. The van der Waals surface area contributed by atoms with Crippen LogP contribution in [0.1, 0.15) is 35.7 Å². The quantitative estimate of drug-likeness (QED) is 0.849. The predicted molar refractivity (Wildman–Crippen MR) is 93.6 cm³/mol. The van der Waals surface area contributed by atoms with E-state index in [1.807, 2.05) is 4.72 Å². The highest BCUT2D eigenvalue weighted by Gasteiger charge is 2.37. The van der Waals surface area contributed by atoms with Gasteiger partial charge in [0.05, 0.1) is 22.5 Å². The number of ether oxygens (including phenoxy) is 1. The third kappa shape index (κ3) is 2.86. The first-order valence-corrected chi connectivity index (χ1v) is 10.7. The highest BCUT2D eigenvalue weighted by Crippen LogP contribution is 2.35. The van der Waals surface area contributed by atoms with Crippen LogP contribution in [0.5, 0.6) is 5.75 Å². The van der Waals surface area contributed by atoms with Crippen molar-refractivity contribution in [2.24, 2.45) is 0 Å². The first kappa shape index (κ1) is 18.4. The minimum Gasteiger partial charge on any atom is -0.497 e. The molecule has 0 fully saturated rings. The second-order valence-electron chi connectivity index (χ2n) is 6.15. The Morgan fingerprint density at radius 3 is 2.19 bits per heavy atom. The van der Waals surface area contributed by atoms with Crippen LogP contribution in [0.3, 0.4) is 0 Å². The highest BCUT2D eigenvalue weighted by molar-refractivity contribution is 7.92. The number of fused-ring (bicyclic) bond motifs is 1. The number of hydrogen-bond donors (Lipinski definition) is 1. The van der Waals surface area contributed by atoms with Crippen molar-refractivity contribution in [1.82, 2.24) is 4.72 Å². The lowest BCUT2D eigenvalue weighted by Crippen LogP contribution is -2.21. The van der Waals surface area contributed by atoms with Crippen LogP contribution in [0.25, 0.3) is 0 Å². The number of methoxy groups -OCH3 is 1. The normalized spacial score (nSPS) is 15.6. The molecule has 0 bridgehead atoms. The molecule has 0 spiro atoms. The molecule has 1 N–H and O–H groups in total. The van der Waals surface area contributed by atoms with E-state index in [2.05, 4.69) is 0 Å². The lowest BCUT2D eigenvalue weighted by Gasteiger charge is -2.13. The molecule has 2 aromatic rings. The molecular weight excluding hydrogens is 378 g/mol. The summed E-state index contributed by atoms with van der Waals surface area (Å²) < 4.78 is 57.2. The third-order valence-corrected chi connectivity index (χ3v) is 7.26. The molecule has 0 saturated heterocycles. The van der Waals surface area contributed by atoms with Crippen LogP contribution in [-0.2, 0) is 19.9 Å². The van der Waals surface area contributed by atoms with E-state index in [1.165, 1.54) is 37.4 Å². The molecule has 2 aromatic carbocycles. The Kier molecular flexibility index (Phi) is 4.32. The average molecular weight is 395 g/mol. The number of carbonyl (C=O) groups is 1. The van der Waals surface area contributed by atoms with Crippen molar-refractivity contribution in [3.8, 4) is 5.75 Å². The number of sulfone groups is 1. The first-order valence-electron chi connectivity index (χ1n) is 7.72. The summed E-state index contributed by atoms with van der Waals surface area (Å²) in [5.41, 5.74) is 0.377. The zero-order valence-corrected chi connectivity index (χ0v) is 15.9. The fourth-order valence-corrected chi connectivity index (χ4v) is 5.41.